The van der Waals surface area contributed by atoms with Crippen LogP contribution in [0.2, 0.25) is 0 Å². The summed E-state index contributed by atoms with van der Waals surface area (Å²) in [7, 11) is -4.25. The van der Waals surface area contributed by atoms with Crippen LogP contribution in [0.3, 0.4) is 0 Å². The Labute approximate surface area is 59.1 Å². The molecule has 0 aromatic rings. The van der Waals surface area contributed by atoms with E-state index in [1.807, 2.05) is 0 Å². The van der Waals surface area contributed by atoms with Crippen LogP contribution in [0.15, 0.2) is 0 Å². The molecule has 0 aliphatic rings. The van der Waals surface area contributed by atoms with Gasteiger partial charge in [-0.1, -0.05) is 0 Å². The molecule has 10 heavy (non-hydrogen) atoms. The van der Waals surface area contributed by atoms with Crippen LogP contribution in [0.1, 0.15) is 6.42 Å². The lowest BCUT2D eigenvalue weighted by Crippen LogP contribution is -2.17. The normalized spacial score (nSPS) is 15.1. The monoisotopic (exact) mass is 169 g/mol. The van der Waals surface area contributed by atoms with E-state index >= 15 is 0 Å². The van der Waals surface area contributed by atoms with Gasteiger partial charge in [-0.25, -0.2) is 8.42 Å². The van der Waals surface area contributed by atoms with Gasteiger partial charge in [0.2, 0.25) is 0 Å². The van der Waals surface area contributed by atoms with Gasteiger partial charge in [0.15, 0.2) is 0 Å². The molecule has 0 rings (SSSR count). The van der Waals surface area contributed by atoms with Crippen molar-refractivity contribution >= 4 is 10.1 Å². The van der Waals surface area contributed by atoms with Crippen molar-refractivity contribution in [2.24, 2.45) is 0 Å². The first-order valence-corrected chi connectivity index (χ1v) is 4.26. The highest BCUT2D eigenvalue weighted by molar-refractivity contribution is 7.85. The zero-order chi connectivity index (χ0) is 8.20. The summed E-state index contributed by atoms with van der Waals surface area (Å²) in [6.07, 6.45) is -1.31. The molecular formula is C4H9O5S-. The van der Waals surface area contributed by atoms with Crippen LogP contribution in [0, 0.1) is 0 Å². The third kappa shape index (κ3) is 5.96. The average Bonchev–Trinajstić information content (AvgIpc) is 1.81. The van der Waals surface area contributed by atoms with E-state index in [1.54, 1.807) is 0 Å². The molecule has 0 fully saturated rings. The molecule has 1 unspecified atom stereocenters. The maximum absolute atomic E-state index is 9.90. The average molecular weight is 169 g/mol. The second kappa shape index (κ2) is 3.87. The Bertz CT molecular complexity index is 172. The minimum atomic E-state index is -4.25. The van der Waals surface area contributed by atoms with Crippen molar-refractivity contribution in [1.29, 1.82) is 0 Å². The molecule has 0 amide bonds. The first kappa shape index (κ1) is 9.83. The van der Waals surface area contributed by atoms with Crippen LogP contribution in [0.4, 0.5) is 0 Å². The highest BCUT2D eigenvalue weighted by atomic mass is 32.2. The zero-order valence-electron chi connectivity index (χ0n) is 5.23. The van der Waals surface area contributed by atoms with E-state index in [-0.39, 0.29) is 6.42 Å². The van der Waals surface area contributed by atoms with Crippen molar-refractivity contribution in [3.63, 3.8) is 0 Å². The molecule has 0 saturated heterocycles. The van der Waals surface area contributed by atoms with E-state index in [4.69, 9.17) is 10.2 Å². The molecule has 0 spiro atoms. The second-order valence-electron chi connectivity index (χ2n) is 1.89. The number of aliphatic hydroxyl groups excluding tert-OH is 2. The van der Waals surface area contributed by atoms with Gasteiger partial charge in [0, 0.05) is 5.75 Å². The molecule has 62 valence electrons. The van der Waals surface area contributed by atoms with Crippen molar-refractivity contribution in [1.82, 2.24) is 0 Å². The van der Waals surface area contributed by atoms with Crippen LogP contribution in [-0.2, 0) is 10.1 Å². The molecule has 0 radical (unpaired) electrons. The first-order valence-electron chi connectivity index (χ1n) is 2.68. The van der Waals surface area contributed by atoms with E-state index in [0.29, 0.717) is 0 Å². The number of rotatable bonds is 4. The number of aliphatic hydroxyl groups is 2. The largest absolute Gasteiger partial charge is 0.748 e. The van der Waals surface area contributed by atoms with Gasteiger partial charge >= 0.3 is 0 Å². The summed E-state index contributed by atoms with van der Waals surface area (Å²) in [5.74, 6) is -0.630. The molecule has 5 nitrogen and oxygen atoms in total. The van der Waals surface area contributed by atoms with Gasteiger partial charge in [0.05, 0.1) is 22.8 Å². The van der Waals surface area contributed by atoms with Crippen LogP contribution in [0.25, 0.3) is 0 Å². The van der Waals surface area contributed by atoms with Crippen molar-refractivity contribution in [3.05, 3.63) is 0 Å². The van der Waals surface area contributed by atoms with E-state index in [9.17, 15) is 13.0 Å². The number of hydrogen-bond donors (Lipinski definition) is 2. The summed E-state index contributed by atoms with van der Waals surface area (Å²) < 4.78 is 29.7. The van der Waals surface area contributed by atoms with Crippen LogP contribution >= 0.6 is 0 Å². The Balaban J connectivity index is 3.56. The molecule has 0 bridgehead atoms. The first-order chi connectivity index (χ1) is 4.45. The third-order valence-corrected chi connectivity index (χ3v) is 1.65. The Hall–Kier alpha value is -0.170. The molecule has 0 aliphatic heterocycles. The molecule has 2 N–H and O–H groups in total. The van der Waals surface area contributed by atoms with E-state index in [0.717, 1.165) is 0 Å². The predicted molar refractivity (Wildman–Crippen MR) is 32.3 cm³/mol. The Morgan fingerprint density at radius 1 is 1.50 bits per heavy atom. The fourth-order valence-electron chi connectivity index (χ4n) is 0.372. The Morgan fingerprint density at radius 2 is 2.00 bits per heavy atom. The summed E-state index contributed by atoms with van der Waals surface area (Å²) in [6, 6.07) is 0. The fraction of sp³-hybridized carbons (Fsp3) is 1.00. The summed E-state index contributed by atoms with van der Waals surface area (Å²) in [4.78, 5) is 0. The third-order valence-electron chi connectivity index (χ3n) is 0.912. The van der Waals surface area contributed by atoms with Crippen molar-refractivity contribution in [2.45, 2.75) is 12.5 Å². The quantitative estimate of drug-likeness (QED) is 0.487. The molecular weight excluding hydrogens is 160 g/mol. The van der Waals surface area contributed by atoms with Crippen LogP contribution in [-0.4, -0.2) is 41.6 Å². The molecule has 0 aromatic carbocycles. The predicted octanol–water partition coefficient (Wildman–Crippen LogP) is -1.73. The molecule has 6 heteroatoms. The molecule has 0 aromatic heterocycles. The molecule has 1 atom stereocenters. The minimum Gasteiger partial charge on any atom is -0.748 e. The van der Waals surface area contributed by atoms with Crippen molar-refractivity contribution < 1.29 is 23.2 Å². The van der Waals surface area contributed by atoms with Gasteiger partial charge in [-0.15, -0.1) is 0 Å². The topological polar surface area (TPSA) is 97.7 Å². The number of hydrogen-bond acceptors (Lipinski definition) is 5. The Kier molecular flexibility index (Phi) is 3.80. The van der Waals surface area contributed by atoms with E-state index in [2.05, 4.69) is 0 Å². The Morgan fingerprint density at radius 3 is 2.30 bits per heavy atom. The van der Waals surface area contributed by atoms with Gasteiger partial charge in [-0.3, -0.25) is 0 Å². The standard InChI is InChI=1S/C4H10O5S/c5-3-4(6)1-2-10(7,8)9/h4-6H,1-3H2,(H,7,8,9)/p-1. The lowest BCUT2D eigenvalue weighted by atomic mass is 10.3. The summed E-state index contributed by atoms with van der Waals surface area (Å²) in [5.41, 5.74) is 0. The van der Waals surface area contributed by atoms with E-state index in [1.165, 1.54) is 0 Å². The van der Waals surface area contributed by atoms with Gasteiger partial charge in [0.25, 0.3) is 0 Å². The SMILES string of the molecule is O=S(=O)([O-])CCC(O)CO. The summed E-state index contributed by atoms with van der Waals surface area (Å²) in [6.45, 7) is -0.518. The molecule has 0 heterocycles. The molecule has 0 saturated carbocycles. The van der Waals surface area contributed by atoms with Crippen molar-refractivity contribution in [3.8, 4) is 0 Å². The fourth-order valence-corrected chi connectivity index (χ4v) is 0.932. The van der Waals surface area contributed by atoms with Gasteiger partial charge in [-0.05, 0) is 6.42 Å². The van der Waals surface area contributed by atoms with Gasteiger partial charge in [-0.2, -0.15) is 0 Å². The van der Waals surface area contributed by atoms with E-state index < -0.39 is 28.6 Å². The maximum atomic E-state index is 9.90. The smallest absolute Gasteiger partial charge is 0.0946 e. The maximum Gasteiger partial charge on any atom is 0.0946 e. The second-order valence-corrected chi connectivity index (χ2v) is 3.41. The highest BCUT2D eigenvalue weighted by Gasteiger charge is 2.03. The minimum absolute atomic E-state index is 0.206. The van der Waals surface area contributed by atoms with Crippen LogP contribution < -0.4 is 0 Å². The van der Waals surface area contributed by atoms with Gasteiger partial charge in [0.1, 0.15) is 0 Å². The van der Waals surface area contributed by atoms with Gasteiger partial charge < -0.3 is 14.8 Å². The molecule has 0 aliphatic carbocycles. The van der Waals surface area contributed by atoms with Crippen LogP contribution in [0.5, 0.6) is 0 Å². The van der Waals surface area contributed by atoms with Crippen molar-refractivity contribution in [2.75, 3.05) is 12.4 Å². The lowest BCUT2D eigenvalue weighted by molar-refractivity contribution is 0.0925. The summed E-state index contributed by atoms with van der Waals surface area (Å²) >= 11 is 0. The highest BCUT2D eigenvalue weighted by Crippen LogP contribution is 1.93. The summed E-state index contributed by atoms with van der Waals surface area (Å²) in [5, 5.41) is 16.8. The zero-order valence-corrected chi connectivity index (χ0v) is 6.04. The lowest BCUT2D eigenvalue weighted by Gasteiger charge is -2.08.